The lowest BCUT2D eigenvalue weighted by atomic mass is 9.87. The van der Waals surface area contributed by atoms with Crippen LogP contribution in [0.2, 0.25) is 0 Å². The largest absolute Gasteiger partial charge is 0.368 e. The predicted molar refractivity (Wildman–Crippen MR) is 79.4 cm³/mol. The molecule has 2 heteroatoms. The molecule has 1 fully saturated rings. The monoisotopic (exact) mass is 246 g/mol. The highest BCUT2D eigenvalue weighted by Gasteiger charge is 2.18. The minimum Gasteiger partial charge on any atom is -0.368 e. The molecule has 1 aliphatic heterocycles. The summed E-state index contributed by atoms with van der Waals surface area (Å²) >= 11 is 0. The van der Waals surface area contributed by atoms with Crippen LogP contribution in [0, 0.1) is 0 Å². The summed E-state index contributed by atoms with van der Waals surface area (Å²) < 4.78 is 0. The Morgan fingerprint density at radius 2 is 1.78 bits per heavy atom. The quantitative estimate of drug-likeness (QED) is 0.819. The highest BCUT2D eigenvalue weighted by atomic mass is 15.2. The van der Waals surface area contributed by atoms with Gasteiger partial charge in [-0.3, -0.25) is 0 Å². The molecule has 0 bridgehead atoms. The van der Waals surface area contributed by atoms with Crippen molar-refractivity contribution in [2.75, 3.05) is 24.5 Å². The summed E-state index contributed by atoms with van der Waals surface area (Å²) in [5.41, 5.74) is 3.01. The van der Waals surface area contributed by atoms with Crippen LogP contribution in [0.1, 0.15) is 39.7 Å². The lowest BCUT2D eigenvalue weighted by molar-refractivity contribution is 0.589. The Balaban J connectivity index is 2.17. The molecular formula is C16H26N2. The maximum atomic E-state index is 3.47. The number of hydrogen-bond acceptors (Lipinski definition) is 2. The van der Waals surface area contributed by atoms with Gasteiger partial charge in [-0.2, -0.15) is 0 Å². The second-order valence-corrected chi connectivity index (χ2v) is 6.38. The van der Waals surface area contributed by atoms with E-state index in [1.165, 1.54) is 17.7 Å². The Morgan fingerprint density at radius 1 is 1.11 bits per heavy atom. The number of nitrogens with zero attached hydrogens (tertiary/aromatic N) is 1. The minimum absolute atomic E-state index is 0.241. The summed E-state index contributed by atoms with van der Waals surface area (Å²) in [6.07, 6.45) is 1.22. The first kappa shape index (κ1) is 13.4. The minimum atomic E-state index is 0.241. The highest BCUT2D eigenvalue weighted by molar-refractivity contribution is 5.49. The molecule has 1 aromatic carbocycles. The molecule has 1 heterocycles. The van der Waals surface area contributed by atoms with Gasteiger partial charge in [-0.25, -0.2) is 0 Å². The molecule has 2 nitrogen and oxygen atoms in total. The van der Waals surface area contributed by atoms with Gasteiger partial charge in [0.15, 0.2) is 0 Å². The van der Waals surface area contributed by atoms with Crippen LogP contribution >= 0.6 is 0 Å². The molecule has 1 aliphatic rings. The number of hydrogen-bond donors (Lipinski definition) is 1. The SMILES string of the molecule is CC1CCNCCN1c1ccc(C(C)(C)C)cc1. The van der Waals surface area contributed by atoms with Gasteiger partial charge in [-0.1, -0.05) is 32.9 Å². The molecule has 1 aromatic rings. The zero-order chi connectivity index (χ0) is 13.2. The Morgan fingerprint density at radius 3 is 2.39 bits per heavy atom. The normalized spacial score (nSPS) is 21.8. The van der Waals surface area contributed by atoms with Gasteiger partial charge in [-0.05, 0) is 43.0 Å². The van der Waals surface area contributed by atoms with E-state index in [2.05, 4.69) is 62.2 Å². The molecule has 0 aromatic heterocycles. The molecule has 2 rings (SSSR count). The van der Waals surface area contributed by atoms with E-state index in [0.29, 0.717) is 6.04 Å². The smallest absolute Gasteiger partial charge is 0.0369 e. The highest BCUT2D eigenvalue weighted by Crippen LogP contribution is 2.26. The zero-order valence-electron chi connectivity index (χ0n) is 12.2. The van der Waals surface area contributed by atoms with E-state index in [4.69, 9.17) is 0 Å². The first-order valence-corrected chi connectivity index (χ1v) is 7.06. The van der Waals surface area contributed by atoms with Crippen LogP contribution in [0.25, 0.3) is 0 Å². The predicted octanol–water partition coefficient (Wildman–Crippen LogP) is 3.17. The molecule has 0 saturated carbocycles. The van der Waals surface area contributed by atoms with Gasteiger partial charge in [0.2, 0.25) is 0 Å². The van der Waals surface area contributed by atoms with E-state index in [1.54, 1.807) is 0 Å². The molecule has 0 radical (unpaired) electrons. The van der Waals surface area contributed by atoms with Crippen LogP contribution in [0.4, 0.5) is 5.69 Å². The van der Waals surface area contributed by atoms with Gasteiger partial charge >= 0.3 is 0 Å². The van der Waals surface area contributed by atoms with Gasteiger partial charge in [0.1, 0.15) is 0 Å². The van der Waals surface area contributed by atoms with E-state index in [0.717, 1.165) is 19.6 Å². The van der Waals surface area contributed by atoms with Crippen LogP contribution in [-0.4, -0.2) is 25.7 Å². The molecule has 1 unspecified atom stereocenters. The van der Waals surface area contributed by atoms with Crippen molar-refractivity contribution in [1.29, 1.82) is 0 Å². The van der Waals surface area contributed by atoms with E-state index in [-0.39, 0.29) is 5.41 Å². The van der Waals surface area contributed by atoms with Crippen molar-refractivity contribution in [3.8, 4) is 0 Å². The summed E-state index contributed by atoms with van der Waals surface area (Å²) in [6.45, 7) is 12.4. The Kier molecular flexibility index (Phi) is 3.96. The first-order valence-electron chi connectivity index (χ1n) is 7.06. The maximum Gasteiger partial charge on any atom is 0.0369 e. The van der Waals surface area contributed by atoms with Gasteiger partial charge in [0.05, 0.1) is 0 Å². The summed E-state index contributed by atoms with van der Waals surface area (Å²) in [5, 5.41) is 3.47. The van der Waals surface area contributed by atoms with Crippen LogP contribution in [0.3, 0.4) is 0 Å². The van der Waals surface area contributed by atoms with Crippen molar-refractivity contribution in [3.63, 3.8) is 0 Å². The molecule has 100 valence electrons. The molecule has 1 N–H and O–H groups in total. The molecule has 1 saturated heterocycles. The Labute approximate surface area is 111 Å². The fourth-order valence-electron chi connectivity index (χ4n) is 2.55. The van der Waals surface area contributed by atoms with Gasteiger partial charge in [0, 0.05) is 24.8 Å². The molecule has 18 heavy (non-hydrogen) atoms. The lowest BCUT2D eigenvalue weighted by Crippen LogP contribution is -2.34. The van der Waals surface area contributed by atoms with E-state index >= 15 is 0 Å². The third-order valence-corrected chi connectivity index (χ3v) is 3.87. The molecule has 0 amide bonds. The summed E-state index contributed by atoms with van der Waals surface area (Å²) in [6, 6.07) is 9.74. The van der Waals surface area contributed by atoms with Crippen molar-refractivity contribution >= 4 is 5.69 Å². The van der Waals surface area contributed by atoms with Crippen LogP contribution < -0.4 is 10.2 Å². The number of anilines is 1. The van der Waals surface area contributed by atoms with Crippen LogP contribution in [0.5, 0.6) is 0 Å². The van der Waals surface area contributed by atoms with Crippen molar-refractivity contribution in [3.05, 3.63) is 29.8 Å². The van der Waals surface area contributed by atoms with Crippen molar-refractivity contribution in [1.82, 2.24) is 5.32 Å². The first-order chi connectivity index (χ1) is 8.48. The van der Waals surface area contributed by atoms with Gasteiger partial charge in [-0.15, -0.1) is 0 Å². The third kappa shape index (κ3) is 3.05. The van der Waals surface area contributed by atoms with E-state index < -0.39 is 0 Å². The number of benzene rings is 1. The van der Waals surface area contributed by atoms with Gasteiger partial charge < -0.3 is 10.2 Å². The molecule has 0 aliphatic carbocycles. The second-order valence-electron chi connectivity index (χ2n) is 6.38. The fourth-order valence-corrected chi connectivity index (χ4v) is 2.55. The van der Waals surface area contributed by atoms with Crippen molar-refractivity contribution < 1.29 is 0 Å². The van der Waals surface area contributed by atoms with Crippen molar-refractivity contribution in [2.24, 2.45) is 0 Å². The lowest BCUT2D eigenvalue weighted by Gasteiger charge is -2.30. The summed E-state index contributed by atoms with van der Waals surface area (Å²) in [5.74, 6) is 0. The number of rotatable bonds is 1. The van der Waals surface area contributed by atoms with Gasteiger partial charge in [0.25, 0.3) is 0 Å². The fraction of sp³-hybridized carbons (Fsp3) is 0.625. The summed E-state index contributed by atoms with van der Waals surface area (Å²) in [4.78, 5) is 2.52. The Bertz CT molecular complexity index is 375. The van der Waals surface area contributed by atoms with Crippen LogP contribution in [-0.2, 0) is 5.41 Å². The second kappa shape index (κ2) is 5.31. The molecule has 1 atom stereocenters. The average molecular weight is 246 g/mol. The zero-order valence-corrected chi connectivity index (χ0v) is 12.2. The summed E-state index contributed by atoms with van der Waals surface area (Å²) in [7, 11) is 0. The average Bonchev–Trinajstić information content (AvgIpc) is 2.53. The number of nitrogens with one attached hydrogen (secondary N) is 1. The Hall–Kier alpha value is -1.02. The van der Waals surface area contributed by atoms with Crippen LogP contribution in [0.15, 0.2) is 24.3 Å². The van der Waals surface area contributed by atoms with E-state index in [1.807, 2.05) is 0 Å². The molecule has 0 spiro atoms. The third-order valence-electron chi connectivity index (χ3n) is 3.87. The maximum absolute atomic E-state index is 3.47. The standard InChI is InChI=1S/C16H26N2/c1-13-9-10-17-11-12-18(13)15-7-5-14(6-8-15)16(2,3)4/h5-8,13,17H,9-12H2,1-4H3. The molecular weight excluding hydrogens is 220 g/mol. The topological polar surface area (TPSA) is 15.3 Å². The van der Waals surface area contributed by atoms with E-state index in [9.17, 15) is 0 Å². The van der Waals surface area contributed by atoms with Crippen molar-refractivity contribution in [2.45, 2.75) is 45.6 Å².